The zero-order valence-electron chi connectivity index (χ0n) is 10.5. The number of carbonyl (C=O) groups excluding carboxylic acids is 1. The first-order chi connectivity index (χ1) is 9.52. The predicted molar refractivity (Wildman–Crippen MR) is 79.1 cm³/mol. The molecule has 0 heterocycles. The summed E-state index contributed by atoms with van der Waals surface area (Å²) in [6.45, 7) is 0. The number of methoxy groups -OCH3 is 1. The monoisotopic (exact) mass is 311 g/mol. The smallest absolute Gasteiger partial charge is 0.259 e. The van der Waals surface area contributed by atoms with E-state index in [1.165, 1.54) is 19.2 Å². The van der Waals surface area contributed by atoms with Crippen molar-refractivity contribution in [2.45, 2.75) is 0 Å². The summed E-state index contributed by atoms with van der Waals surface area (Å²) in [5, 5.41) is 12.9. The third-order valence-electron chi connectivity index (χ3n) is 2.65. The van der Waals surface area contributed by atoms with E-state index in [2.05, 4.69) is 5.32 Å². The van der Waals surface area contributed by atoms with Crippen molar-refractivity contribution in [3.8, 4) is 11.5 Å². The number of para-hydroxylation sites is 1. The molecule has 0 atom stereocenters. The van der Waals surface area contributed by atoms with E-state index in [0.29, 0.717) is 21.5 Å². The lowest BCUT2D eigenvalue weighted by molar-refractivity contribution is 0.102. The van der Waals surface area contributed by atoms with Crippen LogP contribution in [-0.2, 0) is 0 Å². The van der Waals surface area contributed by atoms with E-state index in [0.717, 1.165) is 0 Å². The number of phenols is 1. The van der Waals surface area contributed by atoms with Crippen LogP contribution in [0.25, 0.3) is 0 Å². The lowest BCUT2D eigenvalue weighted by Crippen LogP contribution is -2.13. The van der Waals surface area contributed by atoms with E-state index in [9.17, 15) is 9.90 Å². The van der Waals surface area contributed by atoms with Gasteiger partial charge in [-0.1, -0.05) is 29.3 Å². The highest BCUT2D eigenvalue weighted by Gasteiger charge is 2.15. The molecule has 2 aromatic carbocycles. The van der Waals surface area contributed by atoms with Crippen LogP contribution < -0.4 is 10.1 Å². The van der Waals surface area contributed by atoms with Gasteiger partial charge in [0.1, 0.15) is 11.5 Å². The van der Waals surface area contributed by atoms with E-state index in [-0.39, 0.29) is 11.3 Å². The average Bonchev–Trinajstić information content (AvgIpc) is 2.43. The molecule has 2 rings (SSSR count). The fraction of sp³-hybridized carbons (Fsp3) is 0.0714. The topological polar surface area (TPSA) is 58.6 Å². The molecule has 0 radical (unpaired) electrons. The van der Waals surface area contributed by atoms with E-state index in [4.69, 9.17) is 27.9 Å². The van der Waals surface area contributed by atoms with Gasteiger partial charge in [-0.15, -0.1) is 0 Å². The number of nitrogens with one attached hydrogen (secondary N) is 1. The van der Waals surface area contributed by atoms with Crippen molar-refractivity contribution in [3.63, 3.8) is 0 Å². The molecular weight excluding hydrogens is 301 g/mol. The number of amides is 1. The second-order valence-corrected chi connectivity index (χ2v) is 4.75. The predicted octanol–water partition coefficient (Wildman–Crippen LogP) is 3.96. The van der Waals surface area contributed by atoms with Crippen LogP contribution >= 0.6 is 23.2 Å². The molecule has 0 fully saturated rings. The molecular formula is C14H11Cl2NO3. The SMILES string of the molecule is COc1ccc(O)c(C(=O)Nc2c(Cl)cccc2Cl)c1. The minimum absolute atomic E-state index is 0.0698. The molecule has 0 aliphatic rings. The Kier molecular flexibility index (Phi) is 4.37. The highest BCUT2D eigenvalue weighted by Crippen LogP contribution is 2.31. The second-order valence-electron chi connectivity index (χ2n) is 3.93. The highest BCUT2D eigenvalue weighted by atomic mass is 35.5. The first-order valence-electron chi connectivity index (χ1n) is 5.65. The molecule has 6 heteroatoms. The summed E-state index contributed by atoms with van der Waals surface area (Å²) in [7, 11) is 1.47. The Bertz CT molecular complexity index is 639. The minimum Gasteiger partial charge on any atom is -0.507 e. The first-order valence-corrected chi connectivity index (χ1v) is 6.41. The van der Waals surface area contributed by atoms with Crippen molar-refractivity contribution >= 4 is 34.8 Å². The summed E-state index contributed by atoms with van der Waals surface area (Å²) in [6, 6.07) is 9.23. The van der Waals surface area contributed by atoms with Gasteiger partial charge in [0.05, 0.1) is 28.4 Å². The van der Waals surface area contributed by atoms with Crippen molar-refractivity contribution in [2.24, 2.45) is 0 Å². The number of hydrogen-bond acceptors (Lipinski definition) is 3. The highest BCUT2D eigenvalue weighted by molar-refractivity contribution is 6.40. The molecule has 0 saturated carbocycles. The summed E-state index contributed by atoms with van der Waals surface area (Å²) in [4.78, 5) is 12.2. The Morgan fingerprint density at radius 2 is 1.85 bits per heavy atom. The summed E-state index contributed by atoms with van der Waals surface area (Å²) >= 11 is 11.9. The lowest BCUT2D eigenvalue weighted by Gasteiger charge is -2.11. The fourth-order valence-electron chi connectivity index (χ4n) is 1.62. The standard InChI is InChI=1S/C14H11Cl2NO3/c1-20-8-5-6-12(18)9(7-8)14(19)17-13-10(15)3-2-4-11(13)16/h2-7,18H,1H3,(H,17,19). The first kappa shape index (κ1) is 14.5. The van der Waals surface area contributed by atoms with Gasteiger partial charge in [-0.25, -0.2) is 0 Å². The maximum atomic E-state index is 12.2. The van der Waals surface area contributed by atoms with Crippen molar-refractivity contribution in [2.75, 3.05) is 12.4 Å². The van der Waals surface area contributed by atoms with Crippen LogP contribution in [0.1, 0.15) is 10.4 Å². The molecule has 2 N–H and O–H groups in total. The maximum Gasteiger partial charge on any atom is 0.259 e. The minimum atomic E-state index is -0.531. The number of hydrogen-bond donors (Lipinski definition) is 2. The Balaban J connectivity index is 2.33. The van der Waals surface area contributed by atoms with E-state index in [1.54, 1.807) is 24.3 Å². The average molecular weight is 312 g/mol. The van der Waals surface area contributed by atoms with Crippen molar-refractivity contribution < 1.29 is 14.6 Å². The Hall–Kier alpha value is -1.91. The molecule has 0 aliphatic carbocycles. The van der Waals surface area contributed by atoms with E-state index < -0.39 is 5.91 Å². The van der Waals surface area contributed by atoms with Crippen molar-refractivity contribution in [1.29, 1.82) is 0 Å². The third-order valence-corrected chi connectivity index (χ3v) is 3.28. The molecule has 0 bridgehead atoms. The van der Waals surface area contributed by atoms with Crippen LogP contribution in [0.15, 0.2) is 36.4 Å². The molecule has 0 saturated heterocycles. The summed E-state index contributed by atoms with van der Waals surface area (Å²) in [5.74, 6) is -0.235. The number of phenolic OH excluding ortho intramolecular Hbond substituents is 1. The zero-order valence-corrected chi connectivity index (χ0v) is 12.0. The lowest BCUT2D eigenvalue weighted by atomic mass is 10.1. The number of benzene rings is 2. The van der Waals surface area contributed by atoms with Gasteiger partial charge in [0, 0.05) is 0 Å². The van der Waals surface area contributed by atoms with Crippen molar-refractivity contribution in [3.05, 3.63) is 52.0 Å². The van der Waals surface area contributed by atoms with E-state index >= 15 is 0 Å². The van der Waals surface area contributed by atoms with Gasteiger partial charge >= 0.3 is 0 Å². The van der Waals surface area contributed by atoms with Crippen LogP contribution in [0.5, 0.6) is 11.5 Å². The van der Waals surface area contributed by atoms with Gasteiger partial charge in [-0.2, -0.15) is 0 Å². The molecule has 104 valence electrons. The summed E-state index contributed by atoms with van der Waals surface area (Å²) in [6.07, 6.45) is 0. The molecule has 1 amide bonds. The maximum absolute atomic E-state index is 12.2. The zero-order chi connectivity index (χ0) is 14.7. The van der Waals surface area contributed by atoms with Crippen LogP contribution in [0.2, 0.25) is 10.0 Å². The second kappa shape index (κ2) is 6.03. The van der Waals surface area contributed by atoms with Crippen LogP contribution in [-0.4, -0.2) is 18.1 Å². The normalized spacial score (nSPS) is 10.2. The molecule has 0 spiro atoms. The number of halogens is 2. The summed E-state index contributed by atoms with van der Waals surface area (Å²) in [5.41, 5.74) is 0.364. The Morgan fingerprint density at radius 1 is 1.20 bits per heavy atom. The van der Waals surface area contributed by atoms with Crippen LogP contribution in [0, 0.1) is 0 Å². The van der Waals surface area contributed by atoms with Gasteiger partial charge < -0.3 is 15.2 Å². The fourth-order valence-corrected chi connectivity index (χ4v) is 2.11. The number of anilines is 1. The van der Waals surface area contributed by atoms with E-state index in [1.807, 2.05) is 0 Å². The molecule has 2 aromatic rings. The molecule has 0 aromatic heterocycles. The summed E-state index contributed by atoms with van der Waals surface area (Å²) < 4.78 is 5.01. The number of rotatable bonds is 3. The van der Waals surface area contributed by atoms with Crippen LogP contribution in [0.3, 0.4) is 0 Å². The number of carbonyl (C=O) groups is 1. The van der Waals surface area contributed by atoms with Gasteiger partial charge in [0.15, 0.2) is 0 Å². The van der Waals surface area contributed by atoms with Gasteiger partial charge in [-0.05, 0) is 30.3 Å². The quantitative estimate of drug-likeness (QED) is 0.902. The Morgan fingerprint density at radius 3 is 2.45 bits per heavy atom. The molecule has 4 nitrogen and oxygen atoms in total. The van der Waals surface area contributed by atoms with Gasteiger partial charge in [0.25, 0.3) is 5.91 Å². The number of ether oxygens (including phenoxy) is 1. The third kappa shape index (κ3) is 2.98. The molecule has 0 aliphatic heterocycles. The van der Waals surface area contributed by atoms with Crippen molar-refractivity contribution in [1.82, 2.24) is 0 Å². The molecule has 20 heavy (non-hydrogen) atoms. The van der Waals surface area contributed by atoms with Gasteiger partial charge in [-0.3, -0.25) is 4.79 Å². The number of aromatic hydroxyl groups is 1. The molecule has 0 unspecified atom stereocenters. The Labute approximate surface area is 125 Å². The van der Waals surface area contributed by atoms with Gasteiger partial charge in [0.2, 0.25) is 0 Å². The van der Waals surface area contributed by atoms with Crippen LogP contribution in [0.4, 0.5) is 5.69 Å². The largest absolute Gasteiger partial charge is 0.507 e.